The summed E-state index contributed by atoms with van der Waals surface area (Å²) in [5.41, 5.74) is 0. The molecule has 0 aliphatic rings. The number of carbonyl (C=O) groups excluding carboxylic acids is 1. The number of alkyl halides is 1. The van der Waals surface area contributed by atoms with Gasteiger partial charge < -0.3 is 9.47 Å². The van der Waals surface area contributed by atoms with Crippen LogP contribution in [0.3, 0.4) is 0 Å². The van der Waals surface area contributed by atoms with Gasteiger partial charge in [0.15, 0.2) is 0 Å². The fourth-order valence-electron chi connectivity index (χ4n) is 2.49. The zero-order valence-electron chi connectivity index (χ0n) is 15.0. The molecule has 0 radical (unpaired) electrons. The Morgan fingerprint density at radius 3 is 2.17 bits per heavy atom. The average molecular weight is 391 g/mol. The Morgan fingerprint density at radius 1 is 0.957 bits per heavy atom. The van der Waals surface area contributed by atoms with Crippen LogP contribution in [0.1, 0.15) is 84.5 Å². The largest absolute Gasteiger partial charge is 0.498 e. The Hall–Kier alpha value is -0.510. The summed E-state index contributed by atoms with van der Waals surface area (Å²) in [5, 5.41) is 0.992. The Kier molecular flexibility index (Phi) is 17.4. The van der Waals surface area contributed by atoms with Crippen molar-refractivity contribution in [3.05, 3.63) is 12.3 Å². The predicted molar refractivity (Wildman–Crippen MR) is 101 cm³/mol. The van der Waals surface area contributed by atoms with Crippen LogP contribution >= 0.6 is 15.9 Å². The second-order valence-electron chi connectivity index (χ2n) is 5.91. The van der Waals surface area contributed by atoms with Crippen LogP contribution in [-0.4, -0.2) is 24.0 Å². The molecule has 0 amide bonds. The van der Waals surface area contributed by atoms with E-state index in [1.54, 1.807) is 6.92 Å². The van der Waals surface area contributed by atoms with Crippen molar-refractivity contribution in [1.29, 1.82) is 0 Å². The number of ether oxygens (including phenoxy) is 2. The third-order valence-electron chi connectivity index (χ3n) is 3.80. The van der Waals surface area contributed by atoms with E-state index in [1.165, 1.54) is 63.7 Å². The second-order valence-corrected chi connectivity index (χ2v) is 6.70. The van der Waals surface area contributed by atoms with Crippen molar-refractivity contribution in [2.45, 2.75) is 90.6 Å². The van der Waals surface area contributed by atoms with Gasteiger partial charge in [0.25, 0.3) is 0 Å². The minimum atomic E-state index is -0.334. The molecule has 0 bridgehead atoms. The van der Waals surface area contributed by atoms with E-state index in [9.17, 15) is 4.79 Å². The second kappa shape index (κ2) is 17.8. The molecule has 0 heterocycles. The highest BCUT2D eigenvalue weighted by Gasteiger charge is 2.08. The van der Waals surface area contributed by atoms with Gasteiger partial charge in [0.05, 0.1) is 25.0 Å². The normalized spacial score (nSPS) is 12.5. The van der Waals surface area contributed by atoms with E-state index in [0.717, 1.165) is 24.6 Å². The van der Waals surface area contributed by atoms with Gasteiger partial charge in [0, 0.05) is 5.33 Å². The molecule has 0 spiro atoms. The van der Waals surface area contributed by atoms with Crippen LogP contribution in [0, 0.1) is 0 Å². The molecular weight excluding hydrogens is 356 g/mol. The van der Waals surface area contributed by atoms with Crippen molar-refractivity contribution < 1.29 is 14.3 Å². The number of halogens is 1. The molecule has 0 saturated heterocycles. The molecule has 0 aliphatic carbocycles. The highest BCUT2D eigenvalue weighted by atomic mass is 79.9. The monoisotopic (exact) mass is 390 g/mol. The maximum absolute atomic E-state index is 11.2. The van der Waals surface area contributed by atoms with Gasteiger partial charge in [-0.05, 0) is 32.6 Å². The third kappa shape index (κ3) is 16.1. The van der Waals surface area contributed by atoms with Crippen molar-refractivity contribution in [2.75, 3.05) is 11.9 Å². The molecule has 0 aliphatic heterocycles. The molecule has 0 aromatic rings. The van der Waals surface area contributed by atoms with E-state index in [2.05, 4.69) is 22.9 Å². The maximum atomic E-state index is 11.2. The van der Waals surface area contributed by atoms with Crippen LogP contribution in [0.4, 0.5) is 0 Å². The van der Waals surface area contributed by atoms with Gasteiger partial charge >= 0.3 is 5.97 Å². The van der Waals surface area contributed by atoms with E-state index >= 15 is 0 Å². The minimum absolute atomic E-state index is 0.207. The fourth-order valence-corrected chi connectivity index (χ4v) is 2.81. The van der Waals surface area contributed by atoms with Crippen molar-refractivity contribution in [3.8, 4) is 0 Å². The van der Waals surface area contributed by atoms with Gasteiger partial charge in [-0.25, -0.2) is 4.79 Å². The molecule has 0 aromatic heterocycles. The topological polar surface area (TPSA) is 35.5 Å². The molecule has 0 aromatic carbocycles. The molecule has 0 saturated carbocycles. The van der Waals surface area contributed by atoms with Crippen LogP contribution in [0.2, 0.25) is 0 Å². The number of carbonyl (C=O) groups is 1. The third-order valence-corrected chi connectivity index (χ3v) is 4.36. The zero-order valence-corrected chi connectivity index (χ0v) is 16.6. The number of hydrogen-bond acceptors (Lipinski definition) is 3. The number of esters is 1. The first kappa shape index (κ1) is 22.5. The lowest BCUT2D eigenvalue weighted by Crippen LogP contribution is -2.10. The molecule has 1 unspecified atom stereocenters. The van der Waals surface area contributed by atoms with E-state index in [-0.39, 0.29) is 12.1 Å². The molecule has 1 atom stereocenters. The van der Waals surface area contributed by atoms with Crippen LogP contribution in [0.25, 0.3) is 0 Å². The molecule has 0 fully saturated rings. The van der Waals surface area contributed by atoms with Gasteiger partial charge in [-0.2, -0.15) is 0 Å². The lowest BCUT2D eigenvalue weighted by molar-refractivity contribution is -0.137. The standard InChI is InChI=1S/C19H35BrO3/c1-3-5-6-7-8-9-10-11-13-18(14-12-16-20)23-17-15-19(21)22-4-2/h15,17-18H,3-14,16H2,1-2H3/b17-15+. The fraction of sp³-hybridized carbons (Fsp3) is 0.842. The van der Waals surface area contributed by atoms with Gasteiger partial charge in [0.1, 0.15) is 0 Å². The van der Waals surface area contributed by atoms with E-state index in [4.69, 9.17) is 9.47 Å². The summed E-state index contributed by atoms with van der Waals surface area (Å²) in [4.78, 5) is 11.2. The van der Waals surface area contributed by atoms with Gasteiger partial charge in [-0.3, -0.25) is 0 Å². The first-order chi connectivity index (χ1) is 11.2. The molecule has 23 heavy (non-hydrogen) atoms. The highest BCUT2D eigenvalue weighted by Crippen LogP contribution is 2.15. The Morgan fingerprint density at radius 2 is 1.57 bits per heavy atom. The Bertz CT molecular complexity index is 292. The molecular formula is C19H35BrO3. The van der Waals surface area contributed by atoms with Crippen molar-refractivity contribution >= 4 is 21.9 Å². The minimum Gasteiger partial charge on any atom is -0.498 e. The Balaban J connectivity index is 3.80. The van der Waals surface area contributed by atoms with E-state index < -0.39 is 0 Å². The average Bonchev–Trinajstić information content (AvgIpc) is 2.54. The van der Waals surface area contributed by atoms with Crippen molar-refractivity contribution in [3.63, 3.8) is 0 Å². The summed E-state index contributed by atoms with van der Waals surface area (Å²) in [6, 6.07) is 0. The SMILES string of the molecule is CCCCCCCCCCC(CCCBr)O/C=C/C(=O)OCC. The van der Waals surface area contributed by atoms with Gasteiger partial charge in [0.2, 0.25) is 0 Å². The summed E-state index contributed by atoms with van der Waals surface area (Å²) >= 11 is 3.47. The summed E-state index contributed by atoms with van der Waals surface area (Å²) in [6.07, 6.45) is 16.9. The summed E-state index contributed by atoms with van der Waals surface area (Å²) < 4.78 is 10.6. The molecule has 0 rings (SSSR count). The number of rotatable bonds is 16. The lowest BCUT2D eigenvalue weighted by atomic mass is 10.0. The number of hydrogen-bond donors (Lipinski definition) is 0. The lowest BCUT2D eigenvalue weighted by Gasteiger charge is -2.16. The molecule has 0 N–H and O–H groups in total. The van der Waals surface area contributed by atoms with Crippen molar-refractivity contribution in [2.24, 2.45) is 0 Å². The summed E-state index contributed by atoms with van der Waals surface area (Å²) in [6.45, 7) is 4.45. The smallest absolute Gasteiger partial charge is 0.333 e. The van der Waals surface area contributed by atoms with E-state index in [0.29, 0.717) is 6.61 Å². The number of unbranched alkanes of at least 4 members (excludes halogenated alkanes) is 7. The van der Waals surface area contributed by atoms with Crippen LogP contribution in [-0.2, 0) is 14.3 Å². The summed E-state index contributed by atoms with van der Waals surface area (Å²) in [7, 11) is 0. The van der Waals surface area contributed by atoms with Gasteiger partial charge in [-0.1, -0.05) is 67.8 Å². The maximum Gasteiger partial charge on any atom is 0.333 e. The summed E-state index contributed by atoms with van der Waals surface area (Å²) in [5.74, 6) is -0.334. The van der Waals surface area contributed by atoms with Crippen LogP contribution < -0.4 is 0 Å². The molecule has 136 valence electrons. The van der Waals surface area contributed by atoms with E-state index in [1.807, 2.05) is 0 Å². The molecule has 4 heteroatoms. The quantitative estimate of drug-likeness (QED) is 0.104. The zero-order chi connectivity index (χ0) is 17.2. The Labute approximate surface area is 151 Å². The van der Waals surface area contributed by atoms with Crippen molar-refractivity contribution in [1.82, 2.24) is 0 Å². The van der Waals surface area contributed by atoms with Crippen LogP contribution in [0.15, 0.2) is 12.3 Å². The predicted octanol–water partition coefficient (Wildman–Crippen LogP) is 6.15. The first-order valence-corrected chi connectivity index (χ1v) is 10.4. The van der Waals surface area contributed by atoms with Crippen LogP contribution in [0.5, 0.6) is 0 Å². The first-order valence-electron chi connectivity index (χ1n) is 9.29. The highest BCUT2D eigenvalue weighted by molar-refractivity contribution is 9.09. The molecule has 3 nitrogen and oxygen atoms in total. The van der Waals surface area contributed by atoms with Gasteiger partial charge in [-0.15, -0.1) is 0 Å².